The molecule has 2 nitrogen and oxygen atoms in total. The van der Waals surface area contributed by atoms with Crippen LogP contribution >= 0.6 is 0 Å². The van der Waals surface area contributed by atoms with E-state index in [1.807, 2.05) is 6.92 Å². The van der Waals surface area contributed by atoms with Gasteiger partial charge in [-0.25, -0.2) is 0 Å². The van der Waals surface area contributed by atoms with Crippen molar-refractivity contribution >= 4 is 5.78 Å². The molecule has 2 aliphatic rings. The van der Waals surface area contributed by atoms with Gasteiger partial charge in [-0.15, -0.1) is 0 Å². The molecule has 1 saturated carbocycles. The minimum Gasteiger partial charge on any atom is -0.492 e. The second-order valence-corrected chi connectivity index (χ2v) is 6.36. The lowest BCUT2D eigenvalue weighted by Crippen LogP contribution is -2.47. The van der Waals surface area contributed by atoms with Crippen LogP contribution in [0, 0.1) is 17.8 Å². The van der Waals surface area contributed by atoms with E-state index < -0.39 is 0 Å². The summed E-state index contributed by atoms with van der Waals surface area (Å²) in [5.41, 5.74) is 0.842. The summed E-state index contributed by atoms with van der Waals surface area (Å²) in [5, 5.41) is 0. The molecule has 0 aromatic rings. The number of Topliss-reactive ketones (excluding diaryl/α,β-unsaturated/α-hetero) is 1. The van der Waals surface area contributed by atoms with Gasteiger partial charge in [0.25, 0.3) is 0 Å². The molecule has 0 spiro atoms. The molecule has 0 N–H and O–H groups in total. The maximum absolute atomic E-state index is 11.8. The molecule has 1 aliphatic carbocycles. The first kappa shape index (κ1) is 12.7. The van der Waals surface area contributed by atoms with Gasteiger partial charge in [-0.3, -0.25) is 4.79 Å². The number of hydrogen-bond donors (Lipinski definition) is 0. The highest BCUT2D eigenvalue weighted by molar-refractivity contribution is 5.94. The third kappa shape index (κ3) is 2.14. The van der Waals surface area contributed by atoms with Crippen molar-refractivity contribution in [3.05, 3.63) is 11.3 Å². The van der Waals surface area contributed by atoms with Crippen LogP contribution < -0.4 is 0 Å². The van der Waals surface area contributed by atoms with E-state index in [1.165, 1.54) is 12.8 Å². The summed E-state index contributed by atoms with van der Waals surface area (Å²) in [4.78, 5) is 11.8. The summed E-state index contributed by atoms with van der Waals surface area (Å²) in [6, 6.07) is 0. The monoisotopic (exact) mass is 236 g/mol. The second-order valence-electron chi connectivity index (χ2n) is 6.36. The molecule has 1 heterocycles. The van der Waals surface area contributed by atoms with E-state index >= 15 is 0 Å². The van der Waals surface area contributed by atoms with Crippen molar-refractivity contribution in [2.24, 2.45) is 17.8 Å². The Hall–Kier alpha value is -0.790. The topological polar surface area (TPSA) is 26.3 Å². The fourth-order valence-electron chi connectivity index (χ4n) is 3.83. The van der Waals surface area contributed by atoms with Gasteiger partial charge in [0, 0.05) is 11.5 Å². The minimum atomic E-state index is -0.117. The Morgan fingerprint density at radius 1 is 1.35 bits per heavy atom. The van der Waals surface area contributed by atoms with Crippen molar-refractivity contribution in [1.82, 2.24) is 0 Å². The molecule has 2 rings (SSSR count). The number of hydrogen-bond acceptors (Lipinski definition) is 2. The Kier molecular flexibility index (Phi) is 3.09. The highest BCUT2D eigenvalue weighted by Gasteiger charge is 2.46. The normalized spacial score (nSPS) is 36.2. The van der Waals surface area contributed by atoms with Crippen molar-refractivity contribution < 1.29 is 9.53 Å². The van der Waals surface area contributed by atoms with Gasteiger partial charge in [0.15, 0.2) is 5.78 Å². The summed E-state index contributed by atoms with van der Waals surface area (Å²) < 4.78 is 6.01. The smallest absolute Gasteiger partial charge is 0.159 e. The number of ketones is 1. The summed E-state index contributed by atoms with van der Waals surface area (Å²) in [7, 11) is 0. The van der Waals surface area contributed by atoms with Crippen molar-refractivity contribution in [1.29, 1.82) is 0 Å². The van der Waals surface area contributed by atoms with Gasteiger partial charge < -0.3 is 4.74 Å². The average molecular weight is 236 g/mol. The van der Waals surface area contributed by atoms with E-state index in [0.29, 0.717) is 11.8 Å². The maximum Gasteiger partial charge on any atom is 0.159 e. The average Bonchev–Trinajstić information content (AvgIpc) is 2.14. The van der Waals surface area contributed by atoms with Gasteiger partial charge in [-0.2, -0.15) is 0 Å². The zero-order chi connectivity index (χ0) is 12.8. The molecular formula is C15H24O2. The predicted molar refractivity (Wildman–Crippen MR) is 68.5 cm³/mol. The Balaban J connectivity index is 2.41. The van der Waals surface area contributed by atoms with Crippen LogP contribution in [0.3, 0.4) is 0 Å². The molecule has 17 heavy (non-hydrogen) atoms. The molecular weight excluding hydrogens is 212 g/mol. The first-order chi connectivity index (χ1) is 7.83. The number of carbonyl (C=O) groups is 1. The van der Waals surface area contributed by atoms with E-state index in [0.717, 1.165) is 23.7 Å². The van der Waals surface area contributed by atoms with Crippen LogP contribution in [0.4, 0.5) is 0 Å². The highest BCUT2D eigenvalue weighted by Crippen LogP contribution is 2.49. The van der Waals surface area contributed by atoms with Gasteiger partial charge in [-0.05, 0) is 52.4 Å². The SMILES string of the molecule is CC(=O)C1=C(C)OC(C)(C)[C@@H]2CC[C@@H](C)C[C@@H]12. The summed E-state index contributed by atoms with van der Waals surface area (Å²) in [6.07, 6.45) is 3.59. The lowest BCUT2D eigenvalue weighted by molar-refractivity contribution is -0.119. The van der Waals surface area contributed by atoms with E-state index in [-0.39, 0.29) is 11.4 Å². The van der Waals surface area contributed by atoms with Crippen molar-refractivity contribution in [2.45, 2.75) is 59.5 Å². The molecule has 1 aliphatic heterocycles. The molecule has 96 valence electrons. The van der Waals surface area contributed by atoms with Crippen LogP contribution in [0.25, 0.3) is 0 Å². The Morgan fingerprint density at radius 2 is 2.00 bits per heavy atom. The molecule has 3 atom stereocenters. The Labute approximate surface area is 104 Å². The third-order valence-corrected chi connectivity index (χ3v) is 4.55. The zero-order valence-electron chi connectivity index (χ0n) is 11.7. The van der Waals surface area contributed by atoms with Crippen LogP contribution in [-0.4, -0.2) is 11.4 Å². The number of fused-ring (bicyclic) bond motifs is 1. The molecule has 0 aromatic carbocycles. The standard InChI is InChI=1S/C15H24O2/c1-9-6-7-13-12(8-9)14(10(2)16)11(3)17-15(13,4)5/h9,12-13H,6-8H2,1-5H3/t9-,12-,13-/m1/s1. The van der Waals surface area contributed by atoms with Crippen LogP contribution in [-0.2, 0) is 9.53 Å². The van der Waals surface area contributed by atoms with E-state index in [9.17, 15) is 4.79 Å². The fourth-order valence-corrected chi connectivity index (χ4v) is 3.83. The Bertz CT molecular complexity index is 365. The largest absolute Gasteiger partial charge is 0.492 e. The van der Waals surface area contributed by atoms with Crippen molar-refractivity contribution in [3.63, 3.8) is 0 Å². The number of carbonyl (C=O) groups excluding carboxylic acids is 1. The first-order valence-electron chi connectivity index (χ1n) is 6.73. The third-order valence-electron chi connectivity index (χ3n) is 4.55. The van der Waals surface area contributed by atoms with Gasteiger partial charge in [0.2, 0.25) is 0 Å². The van der Waals surface area contributed by atoms with E-state index in [1.54, 1.807) is 6.92 Å². The number of rotatable bonds is 1. The first-order valence-corrected chi connectivity index (χ1v) is 6.73. The van der Waals surface area contributed by atoms with Crippen LogP contribution in [0.15, 0.2) is 11.3 Å². The zero-order valence-corrected chi connectivity index (χ0v) is 11.7. The van der Waals surface area contributed by atoms with Crippen LogP contribution in [0.2, 0.25) is 0 Å². The van der Waals surface area contributed by atoms with Gasteiger partial charge >= 0.3 is 0 Å². The molecule has 0 aromatic heterocycles. The van der Waals surface area contributed by atoms with E-state index in [4.69, 9.17) is 4.74 Å². The number of ether oxygens (including phenoxy) is 1. The molecule has 1 fully saturated rings. The quantitative estimate of drug-likeness (QED) is 0.693. The molecule has 2 heteroatoms. The van der Waals surface area contributed by atoms with Crippen LogP contribution in [0.5, 0.6) is 0 Å². The highest BCUT2D eigenvalue weighted by atomic mass is 16.5. The molecule has 0 radical (unpaired) electrons. The van der Waals surface area contributed by atoms with E-state index in [2.05, 4.69) is 20.8 Å². The molecule has 0 amide bonds. The molecule has 0 bridgehead atoms. The Morgan fingerprint density at radius 3 is 2.59 bits per heavy atom. The number of allylic oxidation sites excluding steroid dienone is 2. The summed E-state index contributed by atoms with van der Waals surface area (Å²) in [5.74, 6) is 2.70. The summed E-state index contributed by atoms with van der Waals surface area (Å²) in [6.45, 7) is 10.3. The minimum absolute atomic E-state index is 0.117. The molecule has 0 unspecified atom stereocenters. The lowest BCUT2D eigenvalue weighted by Gasteiger charge is -2.48. The lowest BCUT2D eigenvalue weighted by atomic mass is 9.63. The predicted octanol–water partition coefficient (Wildman–Crippen LogP) is 3.71. The maximum atomic E-state index is 11.8. The van der Waals surface area contributed by atoms with Crippen molar-refractivity contribution in [3.8, 4) is 0 Å². The fraction of sp³-hybridized carbons (Fsp3) is 0.800. The second kappa shape index (κ2) is 4.15. The van der Waals surface area contributed by atoms with Gasteiger partial charge in [0.05, 0.1) is 0 Å². The van der Waals surface area contributed by atoms with Crippen LogP contribution in [0.1, 0.15) is 53.9 Å². The van der Waals surface area contributed by atoms with Gasteiger partial charge in [0.1, 0.15) is 11.4 Å². The van der Waals surface area contributed by atoms with Gasteiger partial charge in [-0.1, -0.05) is 13.3 Å². The van der Waals surface area contributed by atoms with Crippen molar-refractivity contribution in [2.75, 3.05) is 0 Å². The summed E-state index contributed by atoms with van der Waals surface area (Å²) >= 11 is 0. The molecule has 0 saturated heterocycles.